The smallest absolute Gasteiger partial charge is 0.252 e. The summed E-state index contributed by atoms with van der Waals surface area (Å²) in [5.41, 5.74) is 4.51. The highest BCUT2D eigenvalue weighted by Gasteiger charge is 2.32. The standard InChI is InChI=1S/C21H23N5O2S/c1-5-28-16-9-7-6-8-15(16)19-18-14(4)25-26(20(18)24-17(27)11-29-19)21-22-12(2)10-13(3)23-21/h6-10,19H,5,11H2,1-4H3,(H,24,27)/t19-/m0/s1. The number of hydrogen-bond donors (Lipinski definition) is 1. The van der Waals surface area contributed by atoms with Crippen LogP contribution in [0.5, 0.6) is 5.75 Å². The Balaban J connectivity index is 1.91. The summed E-state index contributed by atoms with van der Waals surface area (Å²) in [5.74, 6) is 2.17. The molecular formula is C21H23N5O2S. The Morgan fingerprint density at radius 3 is 2.66 bits per heavy atom. The maximum atomic E-state index is 12.5. The predicted molar refractivity (Wildman–Crippen MR) is 114 cm³/mol. The molecule has 1 aliphatic heterocycles. The van der Waals surface area contributed by atoms with Crippen molar-refractivity contribution < 1.29 is 9.53 Å². The molecule has 7 nitrogen and oxygen atoms in total. The Bertz CT molecular complexity index is 1060. The van der Waals surface area contributed by atoms with Crippen LogP contribution in [0.1, 0.15) is 40.4 Å². The molecule has 3 aromatic rings. The van der Waals surface area contributed by atoms with Gasteiger partial charge >= 0.3 is 0 Å². The molecule has 1 aliphatic rings. The molecule has 1 amide bonds. The summed E-state index contributed by atoms with van der Waals surface area (Å²) in [6.07, 6.45) is 0. The first-order valence-electron chi connectivity index (χ1n) is 9.53. The van der Waals surface area contributed by atoms with Gasteiger partial charge in [0.25, 0.3) is 5.95 Å². The van der Waals surface area contributed by atoms with Crippen molar-refractivity contribution in [3.05, 3.63) is 58.5 Å². The third kappa shape index (κ3) is 3.72. The van der Waals surface area contributed by atoms with Gasteiger partial charge in [0.2, 0.25) is 5.91 Å². The molecule has 4 rings (SSSR count). The molecule has 0 unspecified atom stereocenters. The first-order valence-corrected chi connectivity index (χ1v) is 10.6. The number of ether oxygens (including phenoxy) is 1. The lowest BCUT2D eigenvalue weighted by atomic mass is 10.0. The van der Waals surface area contributed by atoms with Crippen molar-refractivity contribution in [3.63, 3.8) is 0 Å². The second-order valence-corrected chi connectivity index (χ2v) is 8.01. The van der Waals surface area contributed by atoms with E-state index in [0.717, 1.165) is 34.0 Å². The molecule has 2 aromatic heterocycles. The fourth-order valence-corrected chi connectivity index (χ4v) is 4.77. The van der Waals surface area contributed by atoms with Crippen LogP contribution in [0, 0.1) is 20.8 Å². The third-order valence-corrected chi connectivity index (χ3v) is 5.92. The Labute approximate surface area is 173 Å². The van der Waals surface area contributed by atoms with Crippen LogP contribution in [-0.4, -0.2) is 38.0 Å². The lowest BCUT2D eigenvalue weighted by Crippen LogP contribution is -2.17. The summed E-state index contributed by atoms with van der Waals surface area (Å²) in [4.78, 5) is 21.6. The van der Waals surface area contributed by atoms with Crippen molar-refractivity contribution in [1.29, 1.82) is 0 Å². The van der Waals surface area contributed by atoms with Crippen LogP contribution < -0.4 is 10.1 Å². The number of rotatable bonds is 4. The number of nitrogens with one attached hydrogen (secondary N) is 1. The molecule has 0 fully saturated rings. The van der Waals surface area contributed by atoms with Gasteiger partial charge in [0.15, 0.2) is 0 Å². The van der Waals surface area contributed by atoms with Gasteiger partial charge in [0.05, 0.1) is 23.3 Å². The predicted octanol–water partition coefficient (Wildman–Crippen LogP) is 3.76. The van der Waals surface area contributed by atoms with E-state index in [4.69, 9.17) is 9.84 Å². The Morgan fingerprint density at radius 1 is 1.21 bits per heavy atom. The van der Waals surface area contributed by atoms with Crippen LogP contribution in [-0.2, 0) is 4.79 Å². The van der Waals surface area contributed by atoms with Crippen LogP contribution in [0.3, 0.4) is 0 Å². The Kier molecular flexibility index (Phi) is 5.27. The SMILES string of the molecule is CCOc1ccccc1[C@@H]1SCC(=O)Nc2c1c(C)nn2-c1nc(C)cc(C)n1. The number of thioether (sulfide) groups is 1. The number of aryl methyl sites for hydroxylation is 3. The molecule has 1 N–H and O–H groups in total. The molecule has 0 aliphatic carbocycles. The molecule has 0 saturated carbocycles. The minimum Gasteiger partial charge on any atom is -0.494 e. The van der Waals surface area contributed by atoms with Crippen LogP contribution in [0.15, 0.2) is 30.3 Å². The molecule has 8 heteroatoms. The van der Waals surface area contributed by atoms with Crippen LogP contribution in [0.25, 0.3) is 5.95 Å². The molecule has 0 saturated heterocycles. The zero-order chi connectivity index (χ0) is 20.5. The zero-order valence-corrected chi connectivity index (χ0v) is 17.7. The van der Waals surface area contributed by atoms with Gasteiger partial charge in [0.1, 0.15) is 11.6 Å². The number of nitrogens with zero attached hydrogens (tertiary/aromatic N) is 4. The fourth-order valence-electron chi connectivity index (χ4n) is 3.56. The van der Waals surface area contributed by atoms with Gasteiger partial charge in [-0.3, -0.25) is 4.79 Å². The van der Waals surface area contributed by atoms with Gasteiger partial charge in [-0.25, -0.2) is 9.97 Å². The average molecular weight is 410 g/mol. The molecule has 0 spiro atoms. The monoisotopic (exact) mass is 409 g/mol. The number of carbonyl (C=O) groups excluding carboxylic acids is 1. The zero-order valence-electron chi connectivity index (χ0n) is 16.9. The van der Waals surface area contributed by atoms with E-state index in [1.807, 2.05) is 58.0 Å². The van der Waals surface area contributed by atoms with Crippen molar-refractivity contribution in [1.82, 2.24) is 19.7 Å². The highest BCUT2D eigenvalue weighted by Crippen LogP contribution is 2.46. The lowest BCUT2D eigenvalue weighted by molar-refractivity contribution is -0.113. The Hall–Kier alpha value is -2.87. The van der Waals surface area contributed by atoms with Gasteiger partial charge in [-0.15, -0.1) is 11.8 Å². The van der Waals surface area contributed by atoms with Gasteiger partial charge < -0.3 is 10.1 Å². The highest BCUT2D eigenvalue weighted by molar-refractivity contribution is 8.00. The van der Waals surface area contributed by atoms with E-state index in [0.29, 0.717) is 24.1 Å². The van der Waals surface area contributed by atoms with Crippen LogP contribution in [0.4, 0.5) is 5.82 Å². The molecule has 29 heavy (non-hydrogen) atoms. The van der Waals surface area contributed by atoms with Crippen LogP contribution in [0.2, 0.25) is 0 Å². The number of fused-ring (bicyclic) bond motifs is 1. The largest absolute Gasteiger partial charge is 0.494 e. The third-order valence-electron chi connectivity index (χ3n) is 4.67. The van der Waals surface area contributed by atoms with Gasteiger partial charge in [0, 0.05) is 22.5 Å². The maximum Gasteiger partial charge on any atom is 0.252 e. The summed E-state index contributed by atoms with van der Waals surface area (Å²) in [6.45, 7) is 8.33. The molecule has 1 aromatic carbocycles. The number of aromatic nitrogens is 4. The van der Waals surface area contributed by atoms with E-state index < -0.39 is 0 Å². The highest BCUT2D eigenvalue weighted by atomic mass is 32.2. The lowest BCUT2D eigenvalue weighted by Gasteiger charge is -2.18. The Morgan fingerprint density at radius 2 is 1.93 bits per heavy atom. The number of amides is 1. The van der Waals surface area contributed by atoms with E-state index >= 15 is 0 Å². The molecule has 3 heterocycles. The minimum absolute atomic E-state index is 0.0711. The molecule has 0 radical (unpaired) electrons. The van der Waals surface area contributed by atoms with E-state index in [1.54, 1.807) is 16.4 Å². The van der Waals surface area contributed by atoms with E-state index in [-0.39, 0.29) is 11.2 Å². The summed E-state index contributed by atoms with van der Waals surface area (Å²) < 4.78 is 7.51. The minimum atomic E-state index is -0.0913. The first kappa shape index (κ1) is 19.4. The second-order valence-electron chi connectivity index (χ2n) is 6.92. The van der Waals surface area contributed by atoms with Crippen molar-refractivity contribution in [2.45, 2.75) is 32.9 Å². The van der Waals surface area contributed by atoms with E-state index in [9.17, 15) is 4.79 Å². The normalized spacial score (nSPS) is 16.1. The number of benzene rings is 1. The molecule has 150 valence electrons. The van der Waals surface area contributed by atoms with Gasteiger partial charge in [-0.05, 0) is 39.8 Å². The summed E-state index contributed by atoms with van der Waals surface area (Å²) in [7, 11) is 0. The van der Waals surface area contributed by atoms with E-state index in [1.165, 1.54) is 0 Å². The molecular weight excluding hydrogens is 386 g/mol. The maximum absolute atomic E-state index is 12.5. The number of carbonyl (C=O) groups is 1. The summed E-state index contributed by atoms with van der Waals surface area (Å²) >= 11 is 1.57. The van der Waals surface area contributed by atoms with Crippen molar-refractivity contribution in [3.8, 4) is 11.7 Å². The fraction of sp³-hybridized carbons (Fsp3) is 0.333. The van der Waals surface area contributed by atoms with E-state index in [2.05, 4.69) is 15.3 Å². The van der Waals surface area contributed by atoms with Gasteiger partial charge in [-0.1, -0.05) is 18.2 Å². The summed E-state index contributed by atoms with van der Waals surface area (Å²) in [6, 6.07) is 9.87. The topological polar surface area (TPSA) is 81.9 Å². The average Bonchev–Trinajstić information content (AvgIpc) is 2.88. The van der Waals surface area contributed by atoms with Crippen LogP contribution >= 0.6 is 11.8 Å². The molecule has 1 atom stereocenters. The number of hydrogen-bond acceptors (Lipinski definition) is 6. The van der Waals surface area contributed by atoms with Crippen molar-refractivity contribution in [2.75, 3.05) is 17.7 Å². The molecule has 0 bridgehead atoms. The quantitative estimate of drug-likeness (QED) is 0.707. The van der Waals surface area contributed by atoms with Gasteiger partial charge in [-0.2, -0.15) is 9.78 Å². The summed E-state index contributed by atoms with van der Waals surface area (Å²) in [5, 5.41) is 7.62. The van der Waals surface area contributed by atoms with Crippen molar-refractivity contribution in [2.24, 2.45) is 0 Å². The number of anilines is 1. The second kappa shape index (κ2) is 7.87. The number of para-hydroxylation sites is 1. The first-order chi connectivity index (χ1) is 14.0. The van der Waals surface area contributed by atoms with Crippen molar-refractivity contribution >= 4 is 23.5 Å².